The van der Waals surface area contributed by atoms with Gasteiger partial charge in [0.15, 0.2) is 5.76 Å². The van der Waals surface area contributed by atoms with Crippen LogP contribution in [0.3, 0.4) is 0 Å². The van der Waals surface area contributed by atoms with E-state index in [0.29, 0.717) is 25.9 Å². The molecule has 3 aromatic rings. The SMILES string of the molecule is CCOC(=O)c1sc(NC(=O)c2cc3ccccc3o2)c(SC#N)c1C. The van der Waals surface area contributed by atoms with Crippen LogP contribution in [0.1, 0.15) is 32.7 Å². The van der Waals surface area contributed by atoms with E-state index in [2.05, 4.69) is 5.32 Å². The van der Waals surface area contributed by atoms with E-state index < -0.39 is 11.9 Å². The summed E-state index contributed by atoms with van der Waals surface area (Å²) in [4.78, 5) is 25.5. The van der Waals surface area contributed by atoms with Crippen molar-refractivity contribution in [2.24, 2.45) is 0 Å². The minimum absolute atomic E-state index is 0.155. The summed E-state index contributed by atoms with van der Waals surface area (Å²) < 4.78 is 10.6. The highest BCUT2D eigenvalue weighted by Crippen LogP contribution is 2.40. The van der Waals surface area contributed by atoms with Crippen LogP contribution < -0.4 is 5.32 Å². The second kappa shape index (κ2) is 7.64. The van der Waals surface area contributed by atoms with Gasteiger partial charge in [-0.15, -0.1) is 11.3 Å². The molecule has 0 saturated heterocycles. The van der Waals surface area contributed by atoms with Crippen molar-refractivity contribution in [3.63, 3.8) is 0 Å². The minimum atomic E-state index is -0.473. The van der Waals surface area contributed by atoms with Crippen molar-refractivity contribution in [3.05, 3.63) is 46.5 Å². The van der Waals surface area contributed by atoms with Gasteiger partial charge in [0, 0.05) is 5.39 Å². The van der Waals surface area contributed by atoms with Crippen LogP contribution in [0, 0.1) is 17.6 Å². The number of benzene rings is 1. The van der Waals surface area contributed by atoms with E-state index in [1.807, 2.05) is 23.6 Å². The van der Waals surface area contributed by atoms with Crippen LogP contribution in [-0.2, 0) is 4.74 Å². The molecule has 6 nitrogen and oxygen atoms in total. The maximum atomic E-state index is 12.5. The van der Waals surface area contributed by atoms with Crippen molar-refractivity contribution >= 4 is 50.9 Å². The van der Waals surface area contributed by atoms with Gasteiger partial charge in [0.25, 0.3) is 5.91 Å². The predicted molar refractivity (Wildman–Crippen MR) is 101 cm³/mol. The summed E-state index contributed by atoms with van der Waals surface area (Å²) in [5.74, 6) is -0.764. The molecule has 0 bridgehead atoms. The number of hydrogen-bond donors (Lipinski definition) is 1. The molecule has 8 heteroatoms. The summed E-state index contributed by atoms with van der Waals surface area (Å²) in [5.41, 5.74) is 1.22. The first-order chi connectivity index (χ1) is 12.5. The molecular formula is C18H14N2O4S2. The molecule has 0 atom stereocenters. The Kier molecular flexibility index (Phi) is 5.30. The first-order valence-corrected chi connectivity index (χ1v) is 9.34. The van der Waals surface area contributed by atoms with Crippen molar-refractivity contribution in [2.75, 3.05) is 11.9 Å². The molecule has 1 amide bonds. The van der Waals surface area contributed by atoms with Gasteiger partial charge in [-0.25, -0.2) is 4.79 Å². The highest BCUT2D eigenvalue weighted by molar-refractivity contribution is 8.04. The molecule has 0 aliphatic rings. The molecule has 0 saturated carbocycles. The molecule has 2 heterocycles. The van der Waals surface area contributed by atoms with Crippen molar-refractivity contribution in [1.82, 2.24) is 0 Å². The third-order valence-corrected chi connectivity index (χ3v) is 5.70. The highest BCUT2D eigenvalue weighted by Gasteiger charge is 2.24. The van der Waals surface area contributed by atoms with Gasteiger partial charge in [-0.3, -0.25) is 4.79 Å². The molecule has 1 N–H and O–H groups in total. The number of carbonyl (C=O) groups excluding carboxylic acids is 2. The van der Waals surface area contributed by atoms with Gasteiger partial charge >= 0.3 is 5.97 Å². The number of nitrogens with one attached hydrogen (secondary N) is 1. The van der Waals surface area contributed by atoms with Gasteiger partial charge in [0.05, 0.1) is 11.5 Å². The van der Waals surface area contributed by atoms with Gasteiger partial charge in [0.1, 0.15) is 20.9 Å². The Hall–Kier alpha value is -2.76. The molecular weight excluding hydrogens is 372 g/mol. The second-order valence-electron chi connectivity index (χ2n) is 5.23. The summed E-state index contributed by atoms with van der Waals surface area (Å²) in [6.07, 6.45) is 0. The molecule has 132 valence electrons. The number of nitriles is 1. The Morgan fingerprint density at radius 2 is 2.15 bits per heavy atom. The van der Waals surface area contributed by atoms with E-state index in [1.54, 1.807) is 26.0 Å². The Bertz CT molecular complexity index is 997. The predicted octanol–water partition coefficient (Wildman–Crippen LogP) is 4.80. The number of carbonyl (C=O) groups is 2. The zero-order valence-corrected chi connectivity index (χ0v) is 15.6. The van der Waals surface area contributed by atoms with Crippen molar-refractivity contribution in [2.45, 2.75) is 18.7 Å². The second-order valence-corrected chi connectivity index (χ2v) is 7.05. The van der Waals surface area contributed by atoms with Gasteiger partial charge in [-0.1, -0.05) is 18.2 Å². The van der Waals surface area contributed by atoms with Crippen molar-refractivity contribution < 1.29 is 18.7 Å². The third-order valence-electron chi connectivity index (χ3n) is 3.58. The molecule has 26 heavy (non-hydrogen) atoms. The highest BCUT2D eigenvalue weighted by atomic mass is 32.2. The number of para-hydroxylation sites is 1. The number of ether oxygens (including phenoxy) is 1. The lowest BCUT2D eigenvalue weighted by Gasteiger charge is -2.02. The largest absolute Gasteiger partial charge is 0.462 e. The molecule has 0 fully saturated rings. The normalized spacial score (nSPS) is 10.5. The van der Waals surface area contributed by atoms with Gasteiger partial charge in [0.2, 0.25) is 0 Å². The number of furan rings is 1. The Morgan fingerprint density at radius 3 is 2.85 bits per heavy atom. The zero-order chi connectivity index (χ0) is 18.7. The maximum absolute atomic E-state index is 12.5. The number of anilines is 1. The summed E-state index contributed by atoms with van der Waals surface area (Å²) in [5, 5.41) is 15.0. The lowest BCUT2D eigenvalue weighted by Crippen LogP contribution is -2.10. The summed E-state index contributed by atoms with van der Waals surface area (Å²) in [7, 11) is 0. The summed E-state index contributed by atoms with van der Waals surface area (Å²) >= 11 is 1.97. The molecule has 0 unspecified atom stereocenters. The molecule has 2 aromatic heterocycles. The van der Waals surface area contributed by atoms with Crippen LogP contribution in [0.2, 0.25) is 0 Å². The molecule has 1 aromatic carbocycles. The number of thioether (sulfide) groups is 1. The third kappa shape index (κ3) is 3.45. The molecule has 0 aliphatic heterocycles. The number of amides is 1. The number of nitrogens with zero attached hydrogens (tertiary/aromatic N) is 1. The van der Waals surface area contributed by atoms with Crippen LogP contribution in [0.5, 0.6) is 0 Å². The van der Waals surface area contributed by atoms with Gasteiger partial charge in [-0.2, -0.15) is 5.26 Å². The quantitative estimate of drug-likeness (QED) is 0.384. The van der Waals surface area contributed by atoms with E-state index in [0.717, 1.165) is 28.5 Å². The van der Waals surface area contributed by atoms with Crippen LogP contribution in [0.15, 0.2) is 39.6 Å². The smallest absolute Gasteiger partial charge is 0.348 e. The standard InChI is InChI=1S/C18H14N2O4S2/c1-3-23-18(22)15-10(2)14(25-9-19)17(26-15)20-16(21)13-8-11-6-4-5-7-12(11)24-13/h4-8H,3H2,1-2H3,(H,20,21). The lowest BCUT2D eigenvalue weighted by atomic mass is 10.2. The number of hydrogen-bond acceptors (Lipinski definition) is 7. The van der Waals surface area contributed by atoms with Crippen LogP contribution >= 0.6 is 23.1 Å². The first kappa shape index (κ1) is 18.0. The van der Waals surface area contributed by atoms with Crippen molar-refractivity contribution in [3.8, 4) is 5.40 Å². The fourth-order valence-electron chi connectivity index (χ4n) is 2.40. The molecule has 0 aliphatic carbocycles. The number of rotatable bonds is 5. The number of esters is 1. The van der Waals surface area contributed by atoms with Crippen molar-refractivity contribution in [1.29, 1.82) is 5.26 Å². The summed E-state index contributed by atoms with van der Waals surface area (Å²) in [6, 6.07) is 8.95. The topological polar surface area (TPSA) is 92.3 Å². The number of thiocyanates is 1. The maximum Gasteiger partial charge on any atom is 0.348 e. The molecule has 3 rings (SSSR count). The molecule has 0 spiro atoms. The van der Waals surface area contributed by atoms with E-state index in [4.69, 9.17) is 14.4 Å². The minimum Gasteiger partial charge on any atom is -0.462 e. The summed E-state index contributed by atoms with van der Waals surface area (Å²) in [6.45, 7) is 3.69. The average Bonchev–Trinajstić information content (AvgIpc) is 3.18. The van der Waals surface area contributed by atoms with E-state index >= 15 is 0 Å². The fraction of sp³-hybridized carbons (Fsp3) is 0.167. The van der Waals surface area contributed by atoms with Crippen LogP contribution in [0.4, 0.5) is 5.00 Å². The number of fused-ring (bicyclic) bond motifs is 1. The molecule has 0 radical (unpaired) electrons. The van der Waals surface area contributed by atoms with Crippen LogP contribution in [-0.4, -0.2) is 18.5 Å². The van der Waals surface area contributed by atoms with Gasteiger partial charge in [-0.05, 0) is 43.3 Å². The Morgan fingerprint density at radius 1 is 1.38 bits per heavy atom. The average molecular weight is 386 g/mol. The first-order valence-electron chi connectivity index (χ1n) is 7.71. The van der Waals surface area contributed by atoms with E-state index in [1.165, 1.54) is 0 Å². The Balaban J connectivity index is 1.92. The monoisotopic (exact) mass is 386 g/mol. The van der Waals surface area contributed by atoms with E-state index in [-0.39, 0.29) is 12.4 Å². The van der Waals surface area contributed by atoms with E-state index in [9.17, 15) is 9.59 Å². The number of thiophene rings is 1. The van der Waals surface area contributed by atoms with Gasteiger partial charge < -0.3 is 14.5 Å². The van der Waals surface area contributed by atoms with Crippen LogP contribution in [0.25, 0.3) is 11.0 Å². The lowest BCUT2D eigenvalue weighted by molar-refractivity contribution is 0.0531. The zero-order valence-electron chi connectivity index (χ0n) is 14.0. The fourth-order valence-corrected chi connectivity index (χ4v) is 4.19. The Labute approximate surface area is 157 Å².